The van der Waals surface area contributed by atoms with Crippen LogP contribution in [0.1, 0.15) is 129 Å². The minimum atomic E-state index is -0.513. The Morgan fingerprint density at radius 3 is 1.64 bits per heavy atom. The van der Waals surface area contributed by atoms with Crippen LogP contribution in [-0.4, -0.2) is 18.5 Å². The van der Waals surface area contributed by atoms with E-state index in [1.807, 2.05) is 31.2 Å². The topological polar surface area (TPSA) is 52.6 Å². The lowest BCUT2D eigenvalue weighted by Crippen LogP contribution is -2.14. The van der Waals surface area contributed by atoms with Crippen molar-refractivity contribution in [3.05, 3.63) is 70.8 Å². The van der Waals surface area contributed by atoms with E-state index in [4.69, 9.17) is 9.47 Å². The first kappa shape index (κ1) is 29.6. The van der Waals surface area contributed by atoms with Gasteiger partial charge in [0.15, 0.2) is 0 Å². The lowest BCUT2D eigenvalue weighted by molar-refractivity contribution is 0.0436. The van der Waals surface area contributed by atoms with E-state index in [2.05, 4.69) is 6.92 Å². The van der Waals surface area contributed by atoms with Crippen LogP contribution in [0.3, 0.4) is 0 Å². The predicted octanol–water partition coefficient (Wildman–Crippen LogP) is 8.99. The molecular formula is C32H46O4. The molecular weight excluding hydrogens is 448 g/mol. The second-order valence-corrected chi connectivity index (χ2v) is 9.84. The summed E-state index contributed by atoms with van der Waals surface area (Å²) < 4.78 is 10.9. The Bertz CT molecular complexity index is 889. The summed E-state index contributed by atoms with van der Waals surface area (Å²) in [5.41, 5.74) is 2.53. The molecule has 0 atom stereocenters. The van der Waals surface area contributed by atoms with E-state index in [9.17, 15) is 9.59 Å². The summed E-state index contributed by atoms with van der Waals surface area (Å²) in [6.45, 7) is 4.81. The number of rotatable bonds is 19. The van der Waals surface area contributed by atoms with Crippen LogP contribution in [0.4, 0.5) is 0 Å². The SMILES string of the molecule is CCCCCCCCCCCCCCCCOC(=O)c1ccccc1C(=O)OCc1cccc(C)c1. The molecule has 0 aromatic heterocycles. The first-order chi connectivity index (χ1) is 17.6. The fourth-order valence-electron chi connectivity index (χ4n) is 4.41. The van der Waals surface area contributed by atoms with Gasteiger partial charge < -0.3 is 9.47 Å². The minimum absolute atomic E-state index is 0.170. The summed E-state index contributed by atoms with van der Waals surface area (Å²) in [5, 5.41) is 0. The molecule has 0 aliphatic heterocycles. The Balaban J connectivity index is 1.56. The minimum Gasteiger partial charge on any atom is -0.462 e. The third-order valence-electron chi connectivity index (χ3n) is 6.55. The molecule has 4 heteroatoms. The zero-order chi connectivity index (χ0) is 25.8. The third kappa shape index (κ3) is 12.4. The van der Waals surface area contributed by atoms with Crippen molar-refractivity contribution in [3.8, 4) is 0 Å². The molecule has 0 bridgehead atoms. The van der Waals surface area contributed by atoms with Crippen LogP contribution < -0.4 is 0 Å². The number of carbonyl (C=O) groups excluding carboxylic acids is 2. The van der Waals surface area contributed by atoms with Crippen LogP contribution in [-0.2, 0) is 16.1 Å². The molecule has 36 heavy (non-hydrogen) atoms. The summed E-state index contributed by atoms with van der Waals surface area (Å²) in [7, 11) is 0. The fraction of sp³-hybridized carbons (Fsp3) is 0.562. The zero-order valence-electron chi connectivity index (χ0n) is 22.6. The Morgan fingerprint density at radius 2 is 1.11 bits per heavy atom. The Labute approximate surface area is 218 Å². The van der Waals surface area contributed by atoms with Crippen molar-refractivity contribution in [1.29, 1.82) is 0 Å². The molecule has 0 spiro atoms. The Hall–Kier alpha value is -2.62. The molecule has 2 rings (SSSR count). The second kappa shape index (κ2) is 18.6. The molecule has 0 aliphatic rings. The number of hydrogen-bond acceptors (Lipinski definition) is 4. The van der Waals surface area contributed by atoms with Gasteiger partial charge in [0.05, 0.1) is 17.7 Å². The normalized spacial score (nSPS) is 10.8. The monoisotopic (exact) mass is 494 g/mol. The lowest BCUT2D eigenvalue weighted by Gasteiger charge is -2.10. The van der Waals surface area contributed by atoms with Gasteiger partial charge in [-0.3, -0.25) is 0 Å². The number of unbranched alkanes of at least 4 members (excludes halogenated alkanes) is 13. The molecule has 0 radical (unpaired) electrons. The average molecular weight is 495 g/mol. The average Bonchev–Trinajstić information content (AvgIpc) is 2.89. The lowest BCUT2D eigenvalue weighted by atomic mass is 10.0. The van der Waals surface area contributed by atoms with Gasteiger partial charge in [-0.15, -0.1) is 0 Å². The van der Waals surface area contributed by atoms with Crippen LogP contribution >= 0.6 is 0 Å². The number of aryl methyl sites for hydroxylation is 1. The van der Waals surface area contributed by atoms with Crippen LogP contribution in [0.15, 0.2) is 48.5 Å². The van der Waals surface area contributed by atoms with E-state index in [-0.39, 0.29) is 17.7 Å². The molecule has 0 aliphatic carbocycles. The second-order valence-electron chi connectivity index (χ2n) is 9.84. The summed E-state index contributed by atoms with van der Waals surface area (Å²) in [6, 6.07) is 14.5. The summed E-state index contributed by atoms with van der Waals surface area (Å²) in [5.74, 6) is -0.978. The molecule has 198 valence electrons. The number of hydrogen-bond donors (Lipinski definition) is 0. The largest absolute Gasteiger partial charge is 0.462 e. The van der Waals surface area contributed by atoms with E-state index in [0.717, 1.165) is 24.0 Å². The van der Waals surface area contributed by atoms with E-state index in [1.54, 1.807) is 24.3 Å². The summed E-state index contributed by atoms with van der Waals surface area (Å²) >= 11 is 0. The Kier molecular flexibility index (Phi) is 15.3. The maximum absolute atomic E-state index is 12.6. The van der Waals surface area contributed by atoms with E-state index in [1.165, 1.54) is 77.0 Å². The van der Waals surface area contributed by atoms with Crippen molar-refractivity contribution in [2.75, 3.05) is 6.61 Å². The number of benzene rings is 2. The molecule has 0 heterocycles. The summed E-state index contributed by atoms with van der Waals surface area (Å²) in [6.07, 6.45) is 18.0. The first-order valence-corrected chi connectivity index (χ1v) is 14.1. The molecule has 2 aromatic carbocycles. The third-order valence-corrected chi connectivity index (χ3v) is 6.55. The molecule has 0 unspecified atom stereocenters. The van der Waals surface area contributed by atoms with Gasteiger partial charge in [0.25, 0.3) is 0 Å². The van der Waals surface area contributed by atoms with E-state index >= 15 is 0 Å². The highest BCUT2D eigenvalue weighted by Crippen LogP contribution is 2.16. The molecule has 0 N–H and O–H groups in total. The van der Waals surface area contributed by atoms with Gasteiger partial charge in [-0.25, -0.2) is 9.59 Å². The predicted molar refractivity (Wildman–Crippen MR) is 147 cm³/mol. The smallest absolute Gasteiger partial charge is 0.339 e. The molecule has 0 saturated heterocycles. The van der Waals surface area contributed by atoms with E-state index < -0.39 is 11.9 Å². The summed E-state index contributed by atoms with van der Waals surface area (Å²) in [4.78, 5) is 25.2. The van der Waals surface area contributed by atoms with Crippen molar-refractivity contribution < 1.29 is 19.1 Å². The van der Waals surface area contributed by atoms with Crippen molar-refractivity contribution >= 4 is 11.9 Å². The highest BCUT2D eigenvalue weighted by molar-refractivity contribution is 6.03. The molecule has 4 nitrogen and oxygen atoms in total. The number of ether oxygens (including phenoxy) is 2. The van der Waals surface area contributed by atoms with Crippen molar-refractivity contribution in [2.24, 2.45) is 0 Å². The fourth-order valence-corrected chi connectivity index (χ4v) is 4.41. The van der Waals surface area contributed by atoms with Crippen LogP contribution in [0.25, 0.3) is 0 Å². The molecule has 0 amide bonds. The highest BCUT2D eigenvalue weighted by atomic mass is 16.5. The van der Waals surface area contributed by atoms with Gasteiger partial charge in [0.2, 0.25) is 0 Å². The van der Waals surface area contributed by atoms with Crippen LogP contribution in [0.5, 0.6) is 0 Å². The van der Waals surface area contributed by atoms with Gasteiger partial charge in [-0.2, -0.15) is 0 Å². The standard InChI is InChI=1S/C32H46O4/c1-3-4-5-6-7-8-9-10-11-12-13-14-15-18-24-35-31(33)29-22-16-17-23-30(29)32(34)36-26-28-21-19-20-27(2)25-28/h16-17,19-23,25H,3-15,18,24,26H2,1-2H3. The van der Waals surface area contributed by atoms with Crippen molar-refractivity contribution in [1.82, 2.24) is 0 Å². The number of esters is 2. The molecule has 2 aromatic rings. The quantitative estimate of drug-likeness (QED) is 0.144. The van der Waals surface area contributed by atoms with E-state index in [0.29, 0.717) is 6.61 Å². The maximum Gasteiger partial charge on any atom is 0.339 e. The zero-order valence-corrected chi connectivity index (χ0v) is 22.6. The maximum atomic E-state index is 12.6. The molecule has 0 saturated carbocycles. The van der Waals surface area contributed by atoms with Gasteiger partial charge in [0, 0.05) is 0 Å². The number of carbonyl (C=O) groups is 2. The van der Waals surface area contributed by atoms with Gasteiger partial charge in [-0.1, -0.05) is 132 Å². The first-order valence-electron chi connectivity index (χ1n) is 14.1. The van der Waals surface area contributed by atoms with Gasteiger partial charge in [0.1, 0.15) is 6.61 Å². The van der Waals surface area contributed by atoms with Crippen LogP contribution in [0.2, 0.25) is 0 Å². The van der Waals surface area contributed by atoms with Crippen LogP contribution in [0, 0.1) is 6.92 Å². The van der Waals surface area contributed by atoms with Crippen molar-refractivity contribution in [2.45, 2.75) is 110 Å². The van der Waals surface area contributed by atoms with Gasteiger partial charge >= 0.3 is 11.9 Å². The highest BCUT2D eigenvalue weighted by Gasteiger charge is 2.19. The van der Waals surface area contributed by atoms with Gasteiger partial charge in [-0.05, 0) is 31.0 Å². The Morgan fingerprint density at radius 1 is 0.611 bits per heavy atom. The molecule has 0 fully saturated rings. The van der Waals surface area contributed by atoms with Crippen molar-refractivity contribution in [3.63, 3.8) is 0 Å².